The molecule has 0 radical (unpaired) electrons. The van der Waals surface area contributed by atoms with Crippen LogP contribution in [0.5, 0.6) is 0 Å². The second-order valence-corrected chi connectivity index (χ2v) is 5.85. The van der Waals surface area contributed by atoms with Crippen LogP contribution in [-0.4, -0.2) is 40.9 Å². The Morgan fingerprint density at radius 3 is 2.53 bits per heavy atom. The van der Waals surface area contributed by atoms with Gasteiger partial charge in [0.05, 0.1) is 6.10 Å². The second-order valence-electron chi connectivity index (χ2n) is 5.85. The van der Waals surface area contributed by atoms with Crippen molar-refractivity contribution in [2.75, 3.05) is 6.54 Å². The van der Waals surface area contributed by atoms with Gasteiger partial charge in [0.25, 0.3) is 0 Å². The van der Waals surface area contributed by atoms with E-state index in [1.807, 2.05) is 0 Å². The van der Waals surface area contributed by atoms with Crippen molar-refractivity contribution in [1.29, 1.82) is 0 Å². The Morgan fingerprint density at radius 2 is 2.05 bits per heavy atom. The number of aliphatic hydroxyl groups is 1. The molecule has 2 aliphatic rings. The molecule has 2 fully saturated rings. The van der Waals surface area contributed by atoms with Gasteiger partial charge in [0.2, 0.25) is 0 Å². The lowest BCUT2D eigenvalue weighted by Crippen LogP contribution is -2.51. The minimum absolute atomic E-state index is 0.518. The van der Waals surface area contributed by atoms with E-state index in [9.17, 15) is 14.7 Å². The van der Waals surface area contributed by atoms with E-state index in [1.165, 1.54) is 32.6 Å². The summed E-state index contributed by atoms with van der Waals surface area (Å²) in [7, 11) is 0. The molecule has 5 unspecified atom stereocenters. The van der Waals surface area contributed by atoms with E-state index in [0.29, 0.717) is 12.5 Å². The van der Waals surface area contributed by atoms with E-state index in [2.05, 4.69) is 10.6 Å². The van der Waals surface area contributed by atoms with Gasteiger partial charge in [-0.2, -0.15) is 0 Å². The van der Waals surface area contributed by atoms with Crippen molar-refractivity contribution in [2.45, 2.75) is 44.8 Å². The maximum Gasteiger partial charge on any atom is 0.328 e. The Morgan fingerprint density at radius 1 is 1.32 bits per heavy atom. The number of rotatable bonds is 5. The first-order chi connectivity index (χ1) is 8.97. The van der Waals surface area contributed by atoms with Gasteiger partial charge < -0.3 is 20.8 Å². The topological polar surface area (TPSA) is 98.7 Å². The Kier molecular flexibility index (Phi) is 4.29. The molecule has 2 amide bonds. The van der Waals surface area contributed by atoms with Crippen molar-refractivity contribution in [2.24, 2.45) is 17.8 Å². The third-order valence-electron chi connectivity index (χ3n) is 4.44. The lowest BCUT2D eigenvalue weighted by molar-refractivity contribution is -0.141. The Bertz CT molecular complexity index is 359. The van der Waals surface area contributed by atoms with E-state index >= 15 is 0 Å². The average Bonchev–Trinajstić information content (AvgIpc) is 2.94. The minimum Gasteiger partial charge on any atom is -0.480 e. The standard InChI is InChI=1S/C13H22N2O4/c1-7(16)11(12(17)18)15-13(19)14-6-10-5-8-2-3-9(10)4-8/h7-11,16H,2-6H2,1H3,(H,17,18)(H2,14,15,19). The van der Waals surface area contributed by atoms with Crippen LogP contribution in [-0.2, 0) is 4.79 Å². The zero-order valence-electron chi connectivity index (χ0n) is 11.1. The largest absolute Gasteiger partial charge is 0.480 e. The fourth-order valence-electron chi connectivity index (χ4n) is 3.43. The van der Waals surface area contributed by atoms with Crippen molar-refractivity contribution in [1.82, 2.24) is 10.6 Å². The predicted octanol–water partition coefficient (Wildman–Crippen LogP) is 0.556. The SMILES string of the molecule is CC(O)C(NC(=O)NCC1CC2CCC1C2)C(=O)O. The third kappa shape index (κ3) is 3.37. The lowest BCUT2D eigenvalue weighted by Gasteiger charge is -2.23. The van der Waals surface area contributed by atoms with Gasteiger partial charge in [0.15, 0.2) is 6.04 Å². The summed E-state index contributed by atoms with van der Waals surface area (Å²) in [6.07, 6.45) is 3.90. The first kappa shape index (κ1) is 14.1. The molecule has 2 rings (SSSR count). The molecule has 5 atom stereocenters. The zero-order valence-corrected chi connectivity index (χ0v) is 11.1. The summed E-state index contributed by atoms with van der Waals surface area (Å²) in [5.74, 6) is 0.839. The monoisotopic (exact) mass is 270 g/mol. The molecule has 2 bridgehead atoms. The summed E-state index contributed by atoms with van der Waals surface area (Å²) >= 11 is 0. The number of hydrogen-bond acceptors (Lipinski definition) is 3. The highest BCUT2D eigenvalue weighted by Gasteiger charge is 2.39. The van der Waals surface area contributed by atoms with Gasteiger partial charge in [-0.15, -0.1) is 0 Å². The number of amides is 2. The highest BCUT2D eigenvalue weighted by atomic mass is 16.4. The highest BCUT2D eigenvalue weighted by molar-refractivity contribution is 5.82. The number of nitrogens with one attached hydrogen (secondary N) is 2. The third-order valence-corrected chi connectivity index (χ3v) is 4.44. The molecule has 6 heteroatoms. The molecule has 2 aliphatic carbocycles. The van der Waals surface area contributed by atoms with Crippen molar-refractivity contribution >= 4 is 12.0 Å². The van der Waals surface area contributed by atoms with E-state index in [4.69, 9.17) is 5.11 Å². The fraction of sp³-hybridized carbons (Fsp3) is 0.846. The van der Waals surface area contributed by atoms with Gasteiger partial charge in [-0.3, -0.25) is 0 Å². The van der Waals surface area contributed by atoms with Crippen LogP contribution in [0.2, 0.25) is 0 Å². The Hall–Kier alpha value is -1.30. The van der Waals surface area contributed by atoms with E-state index in [1.54, 1.807) is 0 Å². The van der Waals surface area contributed by atoms with Gasteiger partial charge in [-0.05, 0) is 43.9 Å². The number of carboxylic acids is 1. The minimum atomic E-state index is -1.26. The second kappa shape index (κ2) is 5.77. The molecule has 0 spiro atoms. The van der Waals surface area contributed by atoms with Crippen molar-refractivity contribution in [3.63, 3.8) is 0 Å². The van der Waals surface area contributed by atoms with E-state index < -0.39 is 24.1 Å². The number of carbonyl (C=O) groups is 2. The number of carbonyl (C=O) groups excluding carboxylic acids is 1. The predicted molar refractivity (Wildman–Crippen MR) is 68.6 cm³/mol. The van der Waals surface area contributed by atoms with Crippen LogP contribution in [0.1, 0.15) is 32.6 Å². The number of urea groups is 1. The number of aliphatic hydroxyl groups excluding tert-OH is 1. The molecule has 4 N–H and O–H groups in total. The van der Waals surface area contributed by atoms with Gasteiger partial charge in [-0.25, -0.2) is 9.59 Å². The maximum atomic E-state index is 11.6. The van der Waals surface area contributed by atoms with Crippen LogP contribution in [0.4, 0.5) is 4.79 Å². The van der Waals surface area contributed by atoms with Crippen molar-refractivity contribution < 1.29 is 19.8 Å². The molecule has 0 aliphatic heterocycles. The number of fused-ring (bicyclic) bond motifs is 2. The summed E-state index contributed by atoms with van der Waals surface area (Å²) in [5.41, 5.74) is 0. The summed E-state index contributed by atoms with van der Waals surface area (Å²) in [6, 6.07) is -1.78. The molecule has 2 saturated carbocycles. The Balaban J connectivity index is 1.74. The molecular weight excluding hydrogens is 248 g/mol. The van der Waals surface area contributed by atoms with E-state index in [0.717, 1.165) is 11.8 Å². The molecule has 0 aromatic carbocycles. The summed E-state index contributed by atoms with van der Waals surface area (Å²) in [5, 5.41) is 23.1. The first-order valence-corrected chi connectivity index (χ1v) is 6.92. The number of hydrogen-bond donors (Lipinski definition) is 4. The zero-order chi connectivity index (χ0) is 14.0. The van der Waals surface area contributed by atoms with Crippen LogP contribution in [0.25, 0.3) is 0 Å². The van der Waals surface area contributed by atoms with Crippen LogP contribution >= 0.6 is 0 Å². The summed E-state index contributed by atoms with van der Waals surface area (Å²) < 4.78 is 0. The van der Waals surface area contributed by atoms with E-state index in [-0.39, 0.29) is 0 Å². The molecule has 0 saturated heterocycles. The van der Waals surface area contributed by atoms with Gasteiger partial charge in [0, 0.05) is 6.54 Å². The highest BCUT2D eigenvalue weighted by Crippen LogP contribution is 2.47. The number of aliphatic carboxylic acids is 1. The fourth-order valence-corrected chi connectivity index (χ4v) is 3.43. The van der Waals surface area contributed by atoms with Crippen LogP contribution in [0.15, 0.2) is 0 Å². The van der Waals surface area contributed by atoms with Crippen LogP contribution in [0, 0.1) is 17.8 Å². The Labute approximate surface area is 112 Å². The quantitative estimate of drug-likeness (QED) is 0.586. The smallest absolute Gasteiger partial charge is 0.328 e. The molecule has 0 aromatic rings. The summed E-state index contributed by atoms with van der Waals surface area (Å²) in [4.78, 5) is 22.5. The molecule has 19 heavy (non-hydrogen) atoms. The average molecular weight is 270 g/mol. The lowest BCUT2D eigenvalue weighted by atomic mass is 9.89. The van der Waals surface area contributed by atoms with Gasteiger partial charge >= 0.3 is 12.0 Å². The number of carboxylic acid groups (broad SMARTS) is 1. The molecule has 0 heterocycles. The molecular formula is C13H22N2O4. The molecule has 0 aromatic heterocycles. The van der Waals surface area contributed by atoms with Crippen LogP contribution < -0.4 is 10.6 Å². The van der Waals surface area contributed by atoms with Crippen molar-refractivity contribution in [3.05, 3.63) is 0 Å². The first-order valence-electron chi connectivity index (χ1n) is 6.92. The molecule has 108 valence electrons. The van der Waals surface area contributed by atoms with Crippen molar-refractivity contribution in [3.8, 4) is 0 Å². The molecule has 6 nitrogen and oxygen atoms in total. The maximum absolute atomic E-state index is 11.6. The summed E-state index contributed by atoms with van der Waals surface area (Å²) in [6.45, 7) is 1.94. The van der Waals surface area contributed by atoms with Gasteiger partial charge in [0.1, 0.15) is 0 Å². The van der Waals surface area contributed by atoms with Gasteiger partial charge in [-0.1, -0.05) is 6.42 Å². The van der Waals surface area contributed by atoms with Crippen LogP contribution in [0.3, 0.4) is 0 Å². The normalized spacial score (nSPS) is 31.8.